The van der Waals surface area contributed by atoms with Crippen molar-refractivity contribution in [2.24, 2.45) is 5.73 Å². The maximum atomic E-state index is 12.8. The number of piperazine rings is 1. The molecule has 2 aliphatic heterocycles. The molecule has 3 N–H and O–H groups in total. The summed E-state index contributed by atoms with van der Waals surface area (Å²) in [5.74, 6) is 0.303. The number of ether oxygens (including phenoxy) is 2. The standard InChI is InChI=1S/C20H22N4O5S/c21-18(26)13-5-10-30-19(13)22-17(25)11-23-6-8-24(9-7-23)20(27)16-12-28-14-3-1-2-4-15(14)29-16/h1-5,10,16H,6-9,11-12H2,(H2,21,26)(H,22,25)/t16-/m0/s1. The molecule has 2 aromatic rings. The van der Waals surface area contributed by atoms with Crippen LogP contribution in [0.4, 0.5) is 5.00 Å². The molecule has 9 nitrogen and oxygen atoms in total. The number of rotatable bonds is 5. The Morgan fingerprint density at radius 2 is 1.83 bits per heavy atom. The molecule has 1 atom stereocenters. The van der Waals surface area contributed by atoms with Crippen molar-refractivity contribution in [1.29, 1.82) is 0 Å². The molecule has 1 fully saturated rings. The topological polar surface area (TPSA) is 114 Å². The van der Waals surface area contributed by atoms with Gasteiger partial charge in [-0.25, -0.2) is 0 Å². The van der Waals surface area contributed by atoms with E-state index in [0.29, 0.717) is 48.2 Å². The van der Waals surface area contributed by atoms with Crippen LogP contribution in [0.5, 0.6) is 11.5 Å². The lowest BCUT2D eigenvalue weighted by molar-refractivity contribution is -0.143. The highest BCUT2D eigenvalue weighted by atomic mass is 32.1. The molecule has 2 aliphatic rings. The van der Waals surface area contributed by atoms with Gasteiger partial charge in [0.05, 0.1) is 12.1 Å². The molecule has 0 spiro atoms. The van der Waals surface area contributed by atoms with Gasteiger partial charge in [0.2, 0.25) is 12.0 Å². The van der Waals surface area contributed by atoms with Gasteiger partial charge >= 0.3 is 0 Å². The highest BCUT2D eigenvalue weighted by molar-refractivity contribution is 7.14. The summed E-state index contributed by atoms with van der Waals surface area (Å²) in [6.07, 6.45) is -0.666. The van der Waals surface area contributed by atoms with E-state index in [1.807, 2.05) is 23.1 Å². The van der Waals surface area contributed by atoms with Gasteiger partial charge in [-0.3, -0.25) is 19.3 Å². The number of nitrogens with one attached hydrogen (secondary N) is 1. The predicted octanol–water partition coefficient (Wildman–Crippen LogP) is 0.770. The number of carbonyl (C=O) groups is 3. The lowest BCUT2D eigenvalue weighted by atomic mass is 10.2. The molecule has 158 valence electrons. The molecule has 3 amide bonds. The second-order valence-corrected chi connectivity index (χ2v) is 7.96. The summed E-state index contributed by atoms with van der Waals surface area (Å²) in [6.45, 7) is 2.49. The van der Waals surface area contributed by atoms with Crippen molar-refractivity contribution >= 4 is 34.1 Å². The van der Waals surface area contributed by atoms with Crippen LogP contribution in [0.15, 0.2) is 35.7 Å². The van der Waals surface area contributed by atoms with E-state index >= 15 is 0 Å². The van der Waals surface area contributed by atoms with Gasteiger partial charge in [-0.15, -0.1) is 11.3 Å². The average Bonchev–Trinajstić information content (AvgIpc) is 3.21. The number of nitrogens with zero attached hydrogens (tertiary/aromatic N) is 2. The van der Waals surface area contributed by atoms with Crippen molar-refractivity contribution in [1.82, 2.24) is 9.80 Å². The normalized spacial score (nSPS) is 18.7. The van der Waals surface area contributed by atoms with Gasteiger partial charge in [-0.2, -0.15) is 0 Å². The van der Waals surface area contributed by atoms with Gasteiger partial charge in [0.15, 0.2) is 11.5 Å². The zero-order valence-electron chi connectivity index (χ0n) is 16.2. The van der Waals surface area contributed by atoms with Gasteiger partial charge < -0.3 is 25.4 Å². The molecule has 4 rings (SSSR count). The Balaban J connectivity index is 1.26. The van der Waals surface area contributed by atoms with Crippen molar-refractivity contribution in [3.8, 4) is 11.5 Å². The molecule has 1 aromatic heterocycles. The lowest BCUT2D eigenvalue weighted by Crippen LogP contribution is -2.54. The molecule has 0 radical (unpaired) electrons. The SMILES string of the molecule is NC(=O)c1ccsc1NC(=O)CN1CCN(C(=O)[C@@H]2COc3ccccc3O2)CC1. The number of para-hydroxylation sites is 2. The van der Waals surface area contributed by atoms with Gasteiger partial charge in [0, 0.05) is 26.2 Å². The quantitative estimate of drug-likeness (QED) is 0.724. The minimum Gasteiger partial charge on any atom is -0.485 e. The fourth-order valence-electron chi connectivity index (χ4n) is 3.44. The minimum absolute atomic E-state index is 0.113. The van der Waals surface area contributed by atoms with Crippen LogP contribution in [0.1, 0.15) is 10.4 Å². The summed E-state index contributed by atoms with van der Waals surface area (Å²) in [6, 6.07) is 8.86. The van der Waals surface area contributed by atoms with Crippen LogP contribution in [0.2, 0.25) is 0 Å². The van der Waals surface area contributed by atoms with Crippen LogP contribution in [-0.4, -0.2) is 73.0 Å². The van der Waals surface area contributed by atoms with E-state index in [-0.39, 0.29) is 25.0 Å². The summed E-state index contributed by atoms with van der Waals surface area (Å²) < 4.78 is 11.4. The highest BCUT2D eigenvalue weighted by Crippen LogP contribution is 2.31. The van der Waals surface area contributed by atoms with E-state index in [0.717, 1.165) is 0 Å². The van der Waals surface area contributed by atoms with Gasteiger partial charge in [-0.1, -0.05) is 12.1 Å². The number of thiophene rings is 1. The van der Waals surface area contributed by atoms with E-state index in [2.05, 4.69) is 5.32 Å². The van der Waals surface area contributed by atoms with E-state index in [1.165, 1.54) is 11.3 Å². The Kier molecular flexibility index (Phi) is 5.86. The first-order valence-corrected chi connectivity index (χ1v) is 10.5. The number of hydrogen-bond acceptors (Lipinski definition) is 7. The second kappa shape index (κ2) is 8.72. The number of benzene rings is 1. The summed E-state index contributed by atoms with van der Waals surface area (Å²) >= 11 is 1.25. The van der Waals surface area contributed by atoms with Crippen molar-refractivity contribution in [2.45, 2.75) is 6.10 Å². The molecule has 0 unspecified atom stereocenters. The number of hydrogen-bond donors (Lipinski definition) is 2. The molecule has 1 aromatic carbocycles. The van der Waals surface area contributed by atoms with Crippen molar-refractivity contribution < 1.29 is 23.9 Å². The molecule has 0 aliphatic carbocycles. The van der Waals surface area contributed by atoms with E-state index < -0.39 is 12.0 Å². The highest BCUT2D eigenvalue weighted by Gasteiger charge is 2.33. The van der Waals surface area contributed by atoms with Crippen LogP contribution >= 0.6 is 11.3 Å². The third kappa shape index (κ3) is 4.39. The number of fused-ring (bicyclic) bond motifs is 1. The second-order valence-electron chi connectivity index (χ2n) is 7.04. The first kappa shape index (κ1) is 20.2. The summed E-state index contributed by atoms with van der Waals surface area (Å²) in [5, 5.41) is 4.89. The van der Waals surface area contributed by atoms with E-state index in [4.69, 9.17) is 15.2 Å². The first-order chi connectivity index (χ1) is 14.5. The van der Waals surface area contributed by atoms with E-state index in [1.54, 1.807) is 22.4 Å². The van der Waals surface area contributed by atoms with Crippen LogP contribution in [0.3, 0.4) is 0 Å². The molecular formula is C20H22N4O5S. The molecule has 0 saturated carbocycles. The fraction of sp³-hybridized carbons (Fsp3) is 0.350. The Morgan fingerprint density at radius 1 is 1.10 bits per heavy atom. The third-order valence-electron chi connectivity index (χ3n) is 5.02. The predicted molar refractivity (Wildman–Crippen MR) is 111 cm³/mol. The number of primary amides is 1. The molecule has 0 bridgehead atoms. The molecule has 3 heterocycles. The maximum absolute atomic E-state index is 12.8. The molecule has 10 heteroatoms. The van der Waals surface area contributed by atoms with E-state index in [9.17, 15) is 14.4 Å². The third-order valence-corrected chi connectivity index (χ3v) is 5.85. The number of anilines is 1. The largest absolute Gasteiger partial charge is 0.485 e. The Hall–Kier alpha value is -3.11. The monoisotopic (exact) mass is 430 g/mol. The van der Waals surface area contributed by atoms with Crippen LogP contribution in [0.25, 0.3) is 0 Å². The summed E-state index contributed by atoms with van der Waals surface area (Å²) in [7, 11) is 0. The summed E-state index contributed by atoms with van der Waals surface area (Å²) in [4.78, 5) is 40.2. The van der Waals surface area contributed by atoms with Crippen LogP contribution in [0, 0.1) is 0 Å². The van der Waals surface area contributed by atoms with Gasteiger partial charge in [0.25, 0.3) is 11.8 Å². The number of nitrogens with two attached hydrogens (primary N) is 1. The lowest BCUT2D eigenvalue weighted by Gasteiger charge is -2.36. The first-order valence-electron chi connectivity index (χ1n) is 9.58. The fourth-order valence-corrected chi connectivity index (χ4v) is 4.25. The Labute approximate surface area is 177 Å². The zero-order chi connectivity index (χ0) is 21.1. The van der Waals surface area contributed by atoms with Gasteiger partial charge in [-0.05, 0) is 23.6 Å². The van der Waals surface area contributed by atoms with Gasteiger partial charge in [0.1, 0.15) is 11.6 Å². The molecule has 30 heavy (non-hydrogen) atoms. The Morgan fingerprint density at radius 3 is 2.57 bits per heavy atom. The zero-order valence-corrected chi connectivity index (χ0v) is 17.0. The minimum atomic E-state index is -0.666. The molecular weight excluding hydrogens is 408 g/mol. The summed E-state index contributed by atoms with van der Waals surface area (Å²) in [5.41, 5.74) is 5.61. The molecule has 1 saturated heterocycles. The maximum Gasteiger partial charge on any atom is 0.267 e. The van der Waals surface area contributed by atoms with Crippen molar-refractivity contribution in [3.05, 3.63) is 41.3 Å². The van der Waals surface area contributed by atoms with Crippen molar-refractivity contribution in [2.75, 3.05) is 44.6 Å². The number of amides is 3. The van der Waals surface area contributed by atoms with Crippen molar-refractivity contribution in [3.63, 3.8) is 0 Å². The van der Waals surface area contributed by atoms with Crippen LogP contribution in [-0.2, 0) is 9.59 Å². The van der Waals surface area contributed by atoms with Crippen LogP contribution < -0.4 is 20.5 Å². The number of carbonyl (C=O) groups excluding carboxylic acids is 3. The average molecular weight is 430 g/mol. The Bertz CT molecular complexity index is 954. The smallest absolute Gasteiger partial charge is 0.267 e.